The maximum absolute atomic E-state index is 11.6. The number of nitrogens with one attached hydrogen (secondary N) is 1. The van der Waals surface area contributed by atoms with Gasteiger partial charge in [-0.2, -0.15) is 0 Å². The molecule has 1 unspecified atom stereocenters. The third-order valence-electron chi connectivity index (χ3n) is 4.70. The normalized spacial score (nSPS) is 12.6. The van der Waals surface area contributed by atoms with Crippen molar-refractivity contribution in [3.05, 3.63) is 42.1 Å². The summed E-state index contributed by atoms with van der Waals surface area (Å²) in [6, 6.07) is 10.7. The lowest BCUT2D eigenvalue weighted by atomic mass is 10.0. The maximum atomic E-state index is 11.6. The zero-order valence-electron chi connectivity index (χ0n) is 14.8. The minimum Gasteiger partial charge on any atom is -0.322 e. The Morgan fingerprint density at radius 2 is 2.04 bits per heavy atom. The van der Waals surface area contributed by atoms with Crippen LogP contribution in [0.4, 0.5) is 0 Å². The smallest absolute Gasteiger partial charge is 0.226 e. The van der Waals surface area contributed by atoms with Gasteiger partial charge in [-0.05, 0) is 49.1 Å². The van der Waals surface area contributed by atoms with Gasteiger partial charge < -0.3 is 4.57 Å². The molecule has 0 aliphatic carbocycles. The lowest BCUT2D eigenvalue weighted by Crippen LogP contribution is -2.21. The Kier molecular flexibility index (Phi) is 4.83. The van der Waals surface area contributed by atoms with Crippen LogP contribution in [0.1, 0.15) is 51.1 Å². The number of fused-ring (bicyclic) bond motifs is 3. The van der Waals surface area contributed by atoms with Gasteiger partial charge in [0.2, 0.25) is 12.3 Å². The first-order valence-corrected chi connectivity index (χ1v) is 8.64. The number of hydrogen-bond acceptors (Lipinski definition) is 3. The van der Waals surface area contributed by atoms with E-state index in [1.165, 1.54) is 10.9 Å². The van der Waals surface area contributed by atoms with Crippen LogP contribution in [0.15, 0.2) is 36.5 Å². The molecule has 5 nitrogen and oxygen atoms in total. The van der Waals surface area contributed by atoms with Gasteiger partial charge in [0.1, 0.15) is 5.65 Å². The van der Waals surface area contributed by atoms with Crippen molar-refractivity contribution in [2.24, 2.45) is 0 Å². The van der Waals surface area contributed by atoms with Crippen LogP contribution in [0.2, 0.25) is 0 Å². The van der Waals surface area contributed by atoms with Crippen molar-refractivity contribution in [3.63, 3.8) is 0 Å². The third-order valence-corrected chi connectivity index (χ3v) is 4.70. The summed E-state index contributed by atoms with van der Waals surface area (Å²) >= 11 is 0. The van der Waals surface area contributed by atoms with E-state index in [0.29, 0.717) is 25.2 Å². The van der Waals surface area contributed by atoms with Gasteiger partial charge in [-0.15, -0.1) is 0 Å². The van der Waals surface area contributed by atoms with E-state index >= 15 is 0 Å². The molecule has 0 aliphatic rings. The highest BCUT2D eigenvalue weighted by Crippen LogP contribution is 2.33. The van der Waals surface area contributed by atoms with Crippen LogP contribution < -0.4 is 5.32 Å². The lowest BCUT2D eigenvalue weighted by Gasteiger charge is -2.16. The fourth-order valence-electron chi connectivity index (χ4n) is 3.30. The van der Waals surface area contributed by atoms with Crippen molar-refractivity contribution in [1.82, 2.24) is 14.9 Å². The van der Waals surface area contributed by atoms with Gasteiger partial charge in [0.05, 0.1) is 5.52 Å². The number of aromatic nitrogens is 2. The van der Waals surface area contributed by atoms with Gasteiger partial charge in [-0.3, -0.25) is 14.9 Å². The predicted octanol–water partition coefficient (Wildman–Crippen LogP) is 3.93. The van der Waals surface area contributed by atoms with Gasteiger partial charge >= 0.3 is 0 Å². The highest BCUT2D eigenvalue weighted by molar-refractivity contribution is 6.07. The van der Waals surface area contributed by atoms with E-state index < -0.39 is 0 Å². The van der Waals surface area contributed by atoms with E-state index in [1.54, 1.807) is 6.20 Å². The number of carbonyl (C=O) groups excluding carboxylic acids is 2. The molecule has 0 fully saturated rings. The number of benzene rings is 1. The molecule has 25 heavy (non-hydrogen) atoms. The number of pyridine rings is 1. The van der Waals surface area contributed by atoms with Crippen LogP contribution in [0.5, 0.6) is 0 Å². The molecule has 0 radical (unpaired) electrons. The average molecular weight is 337 g/mol. The average Bonchev–Trinajstić information content (AvgIpc) is 2.93. The molecule has 2 amide bonds. The SMILES string of the molecule is CC(C)c1ccc2c(c1)c1cccnc1n2C(C)CCC(=O)NC=O. The van der Waals surface area contributed by atoms with E-state index in [1.807, 2.05) is 6.07 Å². The molecule has 1 N–H and O–H groups in total. The van der Waals surface area contributed by atoms with Crippen LogP contribution in [0, 0.1) is 0 Å². The molecule has 0 saturated heterocycles. The zero-order valence-corrected chi connectivity index (χ0v) is 14.8. The second-order valence-corrected chi connectivity index (χ2v) is 6.75. The molecule has 2 heterocycles. The van der Waals surface area contributed by atoms with Gasteiger partial charge in [0, 0.05) is 29.4 Å². The molecule has 5 heteroatoms. The molecule has 1 atom stereocenters. The summed E-state index contributed by atoms with van der Waals surface area (Å²) < 4.78 is 2.20. The first-order chi connectivity index (χ1) is 12.0. The van der Waals surface area contributed by atoms with Crippen molar-refractivity contribution in [2.75, 3.05) is 0 Å². The molecule has 3 rings (SSSR count). The predicted molar refractivity (Wildman–Crippen MR) is 99.5 cm³/mol. The minimum absolute atomic E-state index is 0.0946. The summed E-state index contributed by atoms with van der Waals surface area (Å²) in [4.78, 5) is 26.6. The Labute approximate surface area is 147 Å². The molecule has 2 aromatic heterocycles. The summed E-state index contributed by atoms with van der Waals surface area (Å²) in [5.41, 5.74) is 3.36. The van der Waals surface area contributed by atoms with Crippen LogP contribution >= 0.6 is 0 Å². The Hall–Kier alpha value is -2.69. The summed E-state index contributed by atoms with van der Waals surface area (Å²) in [5, 5.41) is 4.52. The number of imide groups is 1. The summed E-state index contributed by atoms with van der Waals surface area (Å²) in [5.74, 6) is 0.210. The molecule has 3 aromatic rings. The molecular weight excluding hydrogens is 314 g/mol. The van der Waals surface area contributed by atoms with Crippen LogP contribution in [-0.4, -0.2) is 21.9 Å². The van der Waals surface area contributed by atoms with E-state index in [-0.39, 0.29) is 11.9 Å². The largest absolute Gasteiger partial charge is 0.322 e. The van der Waals surface area contributed by atoms with Crippen molar-refractivity contribution in [2.45, 2.75) is 45.6 Å². The number of nitrogens with zero attached hydrogens (tertiary/aromatic N) is 2. The Balaban J connectivity index is 2.06. The monoisotopic (exact) mass is 337 g/mol. The molecule has 130 valence electrons. The molecule has 0 saturated carbocycles. The highest BCUT2D eigenvalue weighted by atomic mass is 16.2. The van der Waals surface area contributed by atoms with E-state index in [2.05, 4.69) is 59.9 Å². The van der Waals surface area contributed by atoms with Gasteiger partial charge in [0.15, 0.2) is 0 Å². The van der Waals surface area contributed by atoms with E-state index in [0.717, 1.165) is 16.6 Å². The Bertz CT molecular complexity index is 927. The Morgan fingerprint density at radius 3 is 2.76 bits per heavy atom. The number of rotatable bonds is 6. The third kappa shape index (κ3) is 3.27. The van der Waals surface area contributed by atoms with Crippen molar-refractivity contribution >= 4 is 34.3 Å². The second-order valence-electron chi connectivity index (χ2n) is 6.75. The number of hydrogen-bond donors (Lipinski definition) is 1. The summed E-state index contributed by atoms with van der Waals surface area (Å²) in [6.45, 7) is 6.46. The minimum atomic E-state index is -0.252. The highest BCUT2D eigenvalue weighted by Gasteiger charge is 2.17. The molecule has 0 aliphatic heterocycles. The topological polar surface area (TPSA) is 64.0 Å². The van der Waals surface area contributed by atoms with E-state index in [9.17, 15) is 9.59 Å². The van der Waals surface area contributed by atoms with E-state index in [4.69, 9.17) is 0 Å². The molecule has 1 aromatic carbocycles. The van der Waals surface area contributed by atoms with Crippen LogP contribution in [-0.2, 0) is 9.59 Å². The summed E-state index contributed by atoms with van der Waals surface area (Å²) in [6.07, 6.45) is 3.17. The van der Waals surface area contributed by atoms with Crippen LogP contribution in [0.25, 0.3) is 21.9 Å². The number of amides is 2. The number of carbonyl (C=O) groups is 2. The summed E-state index contributed by atoms with van der Waals surface area (Å²) in [7, 11) is 0. The Morgan fingerprint density at radius 1 is 1.24 bits per heavy atom. The molecular formula is C20H23N3O2. The lowest BCUT2D eigenvalue weighted by molar-refractivity contribution is -0.125. The van der Waals surface area contributed by atoms with Gasteiger partial charge in [0.25, 0.3) is 0 Å². The van der Waals surface area contributed by atoms with Gasteiger partial charge in [-0.25, -0.2) is 4.98 Å². The first kappa shape index (κ1) is 17.1. The first-order valence-electron chi connectivity index (χ1n) is 8.64. The fraction of sp³-hybridized carbons (Fsp3) is 0.350. The quantitative estimate of drug-likeness (QED) is 0.693. The van der Waals surface area contributed by atoms with Crippen molar-refractivity contribution in [1.29, 1.82) is 0 Å². The standard InChI is InChI=1S/C20H23N3O2/c1-13(2)15-7-8-18-17(11-15)16-5-4-10-21-20(16)23(18)14(3)6-9-19(25)22-12-24/h4-5,7-8,10-14H,6,9H2,1-3H3,(H,22,24,25). The van der Waals surface area contributed by atoms with Gasteiger partial charge in [-0.1, -0.05) is 19.9 Å². The van der Waals surface area contributed by atoms with Crippen molar-refractivity contribution in [3.8, 4) is 0 Å². The zero-order chi connectivity index (χ0) is 18.0. The second kappa shape index (κ2) is 7.05. The van der Waals surface area contributed by atoms with Crippen molar-refractivity contribution < 1.29 is 9.59 Å². The van der Waals surface area contributed by atoms with Crippen LogP contribution in [0.3, 0.4) is 0 Å². The molecule has 0 bridgehead atoms. The fourth-order valence-corrected chi connectivity index (χ4v) is 3.30. The molecule has 0 spiro atoms. The maximum Gasteiger partial charge on any atom is 0.226 e.